The maximum absolute atomic E-state index is 12.6. The van der Waals surface area contributed by atoms with Gasteiger partial charge >= 0.3 is 6.09 Å². The minimum atomic E-state index is -0.482. The second-order valence-electron chi connectivity index (χ2n) is 7.47. The topological polar surface area (TPSA) is 88.8 Å². The lowest BCUT2D eigenvalue weighted by Crippen LogP contribution is -2.48. The van der Waals surface area contributed by atoms with Crippen molar-refractivity contribution in [3.63, 3.8) is 0 Å². The number of nitrogens with two attached hydrogens (primary N) is 1. The molecular weight excluding hydrogens is 356 g/mol. The van der Waals surface area contributed by atoms with Crippen molar-refractivity contribution in [1.82, 2.24) is 14.8 Å². The highest BCUT2D eigenvalue weighted by Gasteiger charge is 2.47. The largest absolute Gasteiger partial charge is 0.441 e. The number of piperidine rings is 1. The maximum atomic E-state index is 12.6. The summed E-state index contributed by atoms with van der Waals surface area (Å²) in [5.41, 5.74) is 6.83. The minimum absolute atomic E-state index is 0.0624. The number of pyridine rings is 1. The van der Waals surface area contributed by atoms with Crippen LogP contribution in [-0.2, 0) is 11.2 Å². The zero-order valence-electron chi connectivity index (χ0n) is 15.7. The number of carbonyl (C=O) groups is 2. The van der Waals surface area contributed by atoms with Crippen LogP contribution in [0.2, 0.25) is 0 Å². The third-order valence-electron chi connectivity index (χ3n) is 5.55. The Hall–Kier alpha value is -3.09. The molecule has 2 amide bonds. The van der Waals surface area contributed by atoms with E-state index in [4.69, 9.17) is 10.5 Å². The summed E-state index contributed by atoms with van der Waals surface area (Å²) < 4.78 is 5.76. The second-order valence-corrected chi connectivity index (χ2v) is 7.47. The van der Waals surface area contributed by atoms with Crippen LogP contribution in [0, 0.1) is 0 Å². The first-order valence-electron chi connectivity index (χ1n) is 9.57. The Kier molecular flexibility index (Phi) is 4.90. The molecule has 0 saturated carbocycles. The molecule has 28 heavy (non-hydrogen) atoms. The van der Waals surface area contributed by atoms with Crippen LogP contribution in [0.4, 0.5) is 10.6 Å². The van der Waals surface area contributed by atoms with Crippen molar-refractivity contribution in [3.05, 3.63) is 59.8 Å². The van der Waals surface area contributed by atoms with E-state index < -0.39 is 5.60 Å². The lowest BCUT2D eigenvalue weighted by Gasteiger charge is -2.37. The quantitative estimate of drug-likeness (QED) is 0.879. The molecule has 2 aliphatic heterocycles. The monoisotopic (exact) mass is 380 g/mol. The van der Waals surface area contributed by atoms with Gasteiger partial charge in [0.1, 0.15) is 11.4 Å². The molecule has 146 valence electrons. The molecule has 0 unspecified atom stereocenters. The number of hydrogen-bond acceptors (Lipinski definition) is 5. The van der Waals surface area contributed by atoms with Gasteiger partial charge in [-0.25, -0.2) is 9.78 Å². The number of likely N-dealkylation sites (tertiary alicyclic amines) is 1. The van der Waals surface area contributed by atoms with Crippen LogP contribution < -0.4 is 5.73 Å². The van der Waals surface area contributed by atoms with Gasteiger partial charge in [-0.2, -0.15) is 0 Å². The van der Waals surface area contributed by atoms with Gasteiger partial charge in [-0.15, -0.1) is 0 Å². The van der Waals surface area contributed by atoms with Crippen molar-refractivity contribution in [2.45, 2.75) is 24.9 Å². The van der Waals surface area contributed by atoms with E-state index >= 15 is 0 Å². The summed E-state index contributed by atoms with van der Waals surface area (Å²) >= 11 is 0. The van der Waals surface area contributed by atoms with Crippen LogP contribution in [0.5, 0.6) is 0 Å². The Morgan fingerprint density at radius 1 is 1.14 bits per heavy atom. The lowest BCUT2D eigenvalue weighted by atomic mass is 9.91. The van der Waals surface area contributed by atoms with Crippen LogP contribution in [0.1, 0.15) is 28.8 Å². The number of aromatic nitrogens is 1. The Morgan fingerprint density at radius 3 is 2.57 bits per heavy atom. The Bertz CT molecular complexity index is 846. The molecule has 0 atom stereocenters. The molecule has 2 saturated heterocycles. The third-order valence-corrected chi connectivity index (χ3v) is 5.55. The first-order chi connectivity index (χ1) is 13.5. The van der Waals surface area contributed by atoms with Crippen molar-refractivity contribution in [1.29, 1.82) is 0 Å². The zero-order chi connectivity index (χ0) is 19.6. The molecule has 2 fully saturated rings. The number of hydrogen-bond donors (Lipinski definition) is 1. The molecule has 3 heterocycles. The molecular formula is C21H24N4O3. The van der Waals surface area contributed by atoms with E-state index in [0.717, 1.165) is 6.42 Å². The fraction of sp³-hybridized carbons (Fsp3) is 0.381. The van der Waals surface area contributed by atoms with Gasteiger partial charge in [0.15, 0.2) is 0 Å². The lowest BCUT2D eigenvalue weighted by molar-refractivity contribution is 0.00313. The molecule has 2 N–H and O–H groups in total. The number of carbonyl (C=O) groups excluding carboxylic acids is 2. The molecule has 0 radical (unpaired) electrons. The van der Waals surface area contributed by atoms with Crippen molar-refractivity contribution in [2.75, 3.05) is 31.9 Å². The van der Waals surface area contributed by atoms with Gasteiger partial charge in [0.25, 0.3) is 5.91 Å². The molecule has 0 aliphatic carbocycles. The first-order valence-corrected chi connectivity index (χ1v) is 9.57. The van der Waals surface area contributed by atoms with E-state index in [-0.39, 0.29) is 12.0 Å². The fourth-order valence-corrected chi connectivity index (χ4v) is 3.87. The molecule has 0 bridgehead atoms. The smallest absolute Gasteiger partial charge is 0.410 e. The average molecular weight is 380 g/mol. The Labute approximate surface area is 164 Å². The number of anilines is 1. The molecule has 1 aromatic heterocycles. The van der Waals surface area contributed by atoms with E-state index in [0.29, 0.717) is 50.4 Å². The summed E-state index contributed by atoms with van der Waals surface area (Å²) in [7, 11) is 0. The van der Waals surface area contributed by atoms with E-state index in [1.165, 1.54) is 11.8 Å². The van der Waals surface area contributed by atoms with Gasteiger partial charge in [0.2, 0.25) is 0 Å². The van der Waals surface area contributed by atoms with E-state index in [9.17, 15) is 9.59 Å². The van der Waals surface area contributed by atoms with Crippen LogP contribution in [0.3, 0.4) is 0 Å². The molecule has 1 aromatic carbocycles. The van der Waals surface area contributed by atoms with Crippen molar-refractivity contribution < 1.29 is 14.3 Å². The molecule has 1 spiro atoms. The summed E-state index contributed by atoms with van der Waals surface area (Å²) in [6.45, 7) is 2.35. The highest BCUT2D eigenvalue weighted by atomic mass is 16.6. The number of ether oxygens (including phenoxy) is 1. The molecule has 2 aromatic rings. The fourth-order valence-electron chi connectivity index (χ4n) is 3.87. The SMILES string of the molecule is Nc1ccc(C(=O)N2CCC3(CC2)CN(CCc2ccccc2)C(=O)O3)cn1. The normalized spacial score (nSPS) is 18.4. The number of benzene rings is 1. The van der Waals surface area contributed by atoms with Gasteiger partial charge in [-0.1, -0.05) is 30.3 Å². The Balaban J connectivity index is 1.33. The van der Waals surface area contributed by atoms with E-state index in [1.807, 2.05) is 18.2 Å². The summed E-state index contributed by atoms with van der Waals surface area (Å²) in [5, 5.41) is 0. The second kappa shape index (κ2) is 7.50. The summed E-state index contributed by atoms with van der Waals surface area (Å²) in [4.78, 5) is 32.5. The third kappa shape index (κ3) is 3.78. The van der Waals surface area contributed by atoms with Gasteiger partial charge < -0.3 is 20.3 Å². The van der Waals surface area contributed by atoms with Crippen LogP contribution in [0.25, 0.3) is 0 Å². The number of amides is 2. The van der Waals surface area contributed by atoms with Gasteiger partial charge in [-0.3, -0.25) is 4.79 Å². The van der Waals surface area contributed by atoms with Crippen LogP contribution in [-0.4, -0.2) is 58.6 Å². The van der Waals surface area contributed by atoms with E-state index in [1.54, 1.807) is 21.9 Å². The van der Waals surface area contributed by atoms with Gasteiger partial charge in [0.05, 0.1) is 12.1 Å². The highest BCUT2D eigenvalue weighted by Crippen LogP contribution is 2.33. The van der Waals surface area contributed by atoms with Crippen LogP contribution >= 0.6 is 0 Å². The molecule has 7 heteroatoms. The zero-order valence-corrected chi connectivity index (χ0v) is 15.7. The predicted molar refractivity (Wildman–Crippen MR) is 105 cm³/mol. The predicted octanol–water partition coefficient (Wildman–Crippen LogP) is 2.33. The van der Waals surface area contributed by atoms with Crippen molar-refractivity contribution in [3.8, 4) is 0 Å². The number of nitrogens with zero attached hydrogens (tertiary/aromatic N) is 3. The minimum Gasteiger partial charge on any atom is -0.441 e. The Morgan fingerprint density at radius 2 is 1.89 bits per heavy atom. The highest BCUT2D eigenvalue weighted by molar-refractivity contribution is 5.94. The number of nitrogen functional groups attached to an aromatic ring is 1. The van der Waals surface area contributed by atoms with Gasteiger partial charge in [-0.05, 0) is 24.1 Å². The number of rotatable bonds is 4. The van der Waals surface area contributed by atoms with Crippen molar-refractivity contribution >= 4 is 17.8 Å². The first kappa shape index (κ1) is 18.3. The molecule has 2 aliphatic rings. The molecule has 4 rings (SSSR count). The van der Waals surface area contributed by atoms with Crippen LogP contribution in [0.15, 0.2) is 48.7 Å². The summed E-state index contributed by atoms with van der Waals surface area (Å²) in [5.74, 6) is 0.329. The average Bonchev–Trinajstić information content (AvgIpc) is 3.02. The van der Waals surface area contributed by atoms with Crippen molar-refractivity contribution in [2.24, 2.45) is 0 Å². The summed E-state index contributed by atoms with van der Waals surface area (Å²) in [6.07, 6.45) is 3.35. The summed E-state index contributed by atoms with van der Waals surface area (Å²) in [6, 6.07) is 13.4. The van der Waals surface area contributed by atoms with E-state index in [2.05, 4.69) is 17.1 Å². The molecule has 7 nitrogen and oxygen atoms in total. The van der Waals surface area contributed by atoms with Gasteiger partial charge in [0, 0.05) is 38.7 Å². The maximum Gasteiger partial charge on any atom is 0.410 e. The standard InChI is InChI=1S/C21H24N4O3/c22-18-7-6-17(14-23-18)19(26)24-12-9-21(10-13-24)15-25(20(27)28-21)11-8-16-4-2-1-3-5-16/h1-7,14H,8-13,15H2,(H2,22,23).